The third-order valence-electron chi connectivity index (χ3n) is 6.49. The largest absolute Gasteiger partial charge is 0.367 e. The molecule has 2 aliphatic rings. The fraction of sp³-hybridized carbons (Fsp3) is 0.542. The number of amides is 1. The third-order valence-corrected chi connectivity index (χ3v) is 6.49. The van der Waals surface area contributed by atoms with Crippen molar-refractivity contribution in [2.24, 2.45) is 0 Å². The van der Waals surface area contributed by atoms with Crippen molar-refractivity contribution in [3.8, 4) is 11.3 Å². The summed E-state index contributed by atoms with van der Waals surface area (Å²) in [7, 11) is 1.94. The number of hydrogen-bond acceptors (Lipinski definition) is 4. The van der Waals surface area contributed by atoms with Crippen LogP contribution in [-0.2, 0) is 0 Å². The molecule has 2 aliphatic carbocycles. The Morgan fingerprint density at radius 3 is 2.28 bits per heavy atom. The maximum atomic E-state index is 12.9. The summed E-state index contributed by atoms with van der Waals surface area (Å²) in [6.07, 6.45) is 14.0. The third kappa shape index (κ3) is 4.95. The van der Waals surface area contributed by atoms with E-state index in [2.05, 4.69) is 15.3 Å². The standard InChI is InChI=1S/C24H32N4O/c1-28(21-10-6-3-7-11-21)24(29)19-14-12-18(13-15-19)22-16-23(26-17-25-22)27-20-8-4-2-5-9-20/h12-17,20-21H,2-11H2,1H3,(H,25,26,27). The SMILES string of the molecule is CN(C(=O)c1ccc(-c2cc(NC3CCCCC3)ncn2)cc1)C1CCCCC1. The second-order valence-electron chi connectivity index (χ2n) is 8.55. The number of benzene rings is 1. The van der Waals surface area contributed by atoms with E-state index in [0.29, 0.717) is 12.1 Å². The summed E-state index contributed by atoms with van der Waals surface area (Å²) >= 11 is 0. The molecule has 5 heteroatoms. The van der Waals surface area contributed by atoms with Gasteiger partial charge in [0.25, 0.3) is 5.91 Å². The van der Waals surface area contributed by atoms with Crippen molar-refractivity contribution in [1.29, 1.82) is 0 Å². The minimum Gasteiger partial charge on any atom is -0.367 e. The van der Waals surface area contributed by atoms with Gasteiger partial charge < -0.3 is 10.2 Å². The van der Waals surface area contributed by atoms with E-state index in [1.807, 2.05) is 42.3 Å². The number of carbonyl (C=O) groups excluding carboxylic acids is 1. The minimum absolute atomic E-state index is 0.116. The van der Waals surface area contributed by atoms with E-state index in [1.54, 1.807) is 6.33 Å². The lowest BCUT2D eigenvalue weighted by Gasteiger charge is -2.31. The van der Waals surface area contributed by atoms with Crippen LogP contribution in [0, 0.1) is 0 Å². The molecule has 1 N–H and O–H groups in total. The van der Waals surface area contributed by atoms with Gasteiger partial charge in [-0.05, 0) is 37.8 Å². The van der Waals surface area contributed by atoms with Gasteiger partial charge in [0.05, 0.1) is 5.69 Å². The lowest BCUT2D eigenvalue weighted by molar-refractivity contribution is 0.0696. The van der Waals surface area contributed by atoms with Gasteiger partial charge in [0.15, 0.2) is 0 Å². The fourth-order valence-corrected chi connectivity index (χ4v) is 4.67. The fourth-order valence-electron chi connectivity index (χ4n) is 4.67. The van der Waals surface area contributed by atoms with Gasteiger partial charge in [-0.2, -0.15) is 0 Å². The number of hydrogen-bond donors (Lipinski definition) is 1. The molecule has 1 aromatic carbocycles. The van der Waals surface area contributed by atoms with Crippen molar-refractivity contribution in [2.45, 2.75) is 76.3 Å². The van der Waals surface area contributed by atoms with Crippen LogP contribution < -0.4 is 5.32 Å². The zero-order chi connectivity index (χ0) is 20.1. The Morgan fingerprint density at radius 2 is 1.59 bits per heavy atom. The first-order valence-electron chi connectivity index (χ1n) is 11.2. The lowest BCUT2D eigenvalue weighted by Crippen LogP contribution is -2.38. The highest BCUT2D eigenvalue weighted by Gasteiger charge is 2.23. The molecule has 5 nitrogen and oxygen atoms in total. The van der Waals surface area contributed by atoms with Gasteiger partial charge in [-0.1, -0.05) is 50.7 Å². The van der Waals surface area contributed by atoms with Crippen molar-refractivity contribution in [3.63, 3.8) is 0 Å². The van der Waals surface area contributed by atoms with E-state index in [4.69, 9.17) is 0 Å². The van der Waals surface area contributed by atoms with Crippen LogP contribution in [0.1, 0.15) is 74.6 Å². The highest BCUT2D eigenvalue weighted by atomic mass is 16.2. The van der Waals surface area contributed by atoms with Gasteiger partial charge in [-0.3, -0.25) is 4.79 Å². The van der Waals surface area contributed by atoms with Crippen LogP contribution in [0.15, 0.2) is 36.7 Å². The molecule has 1 amide bonds. The summed E-state index contributed by atoms with van der Waals surface area (Å²) < 4.78 is 0. The molecule has 2 fully saturated rings. The molecule has 2 aromatic rings. The Balaban J connectivity index is 1.43. The van der Waals surface area contributed by atoms with Crippen LogP contribution in [0.25, 0.3) is 11.3 Å². The molecule has 2 saturated carbocycles. The van der Waals surface area contributed by atoms with Gasteiger partial charge in [-0.15, -0.1) is 0 Å². The van der Waals surface area contributed by atoms with Gasteiger partial charge >= 0.3 is 0 Å². The maximum absolute atomic E-state index is 12.9. The molecular formula is C24H32N4O. The van der Waals surface area contributed by atoms with Gasteiger partial charge in [-0.25, -0.2) is 9.97 Å². The molecule has 1 aromatic heterocycles. The number of nitrogens with one attached hydrogen (secondary N) is 1. The molecule has 0 aliphatic heterocycles. The normalized spacial score (nSPS) is 18.4. The summed E-state index contributed by atoms with van der Waals surface area (Å²) in [4.78, 5) is 23.6. The Labute approximate surface area is 173 Å². The zero-order valence-corrected chi connectivity index (χ0v) is 17.4. The molecule has 0 atom stereocenters. The summed E-state index contributed by atoms with van der Waals surface area (Å²) in [5.41, 5.74) is 2.64. The van der Waals surface area contributed by atoms with Crippen molar-refractivity contribution in [2.75, 3.05) is 12.4 Å². The maximum Gasteiger partial charge on any atom is 0.253 e. The molecular weight excluding hydrogens is 360 g/mol. The Morgan fingerprint density at radius 1 is 0.931 bits per heavy atom. The van der Waals surface area contributed by atoms with E-state index in [-0.39, 0.29) is 5.91 Å². The Kier molecular flexibility index (Phi) is 6.43. The highest BCUT2D eigenvalue weighted by Crippen LogP contribution is 2.25. The molecule has 154 valence electrons. The first kappa shape index (κ1) is 19.9. The summed E-state index contributed by atoms with van der Waals surface area (Å²) in [6.45, 7) is 0. The average molecular weight is 393 g/mol. The second-order valence-corrected chi connectivity index (χ2v) is 8.55. The quantitative estimate of drug-likeness (QED) is 0.751. The second kappa shape index (κ2) is 9.38. The van der Waals surface area contributed by atoms with Gasteiger partial charge in [0.1, 0.15) is 12.1 Å². The van der Waals surface area contributed by atoms with E-state index in [1.165, 1.54) is 51.4 Å². The smallest absolute Gasteiger partial charge is 0.253 e. The molecule has 4 rings (SSSR count). The summed E-state index contributed by atoms with van der Waals surface area (Å²) in [6, 6.07) is 10.7. The van der Waals surface area contributed by atoms with Crippen LogP contribution in [0.4, 0.5) is 5.82 Å². The molecule has 0 bridgehead atoms. The number of anilines is 1. The summed E-state index contributed by atoms with van der Waals surface area (Å²) in [5, 5.41) is 3.56. The Hall–Kier alpha value is -2.43. The van der Waals surface area contributed by atoms with Crippen molar-refractivity contribution in [3.05, 3.63) is 42.2 Å². The number of nitrogens with zero attached hydrogens (tertiary/aromatic N) is 3. The first-order valence-corrected chi connectivity index (χ1v) is 11.2. The Bertz CT molecular complexity index is 808. The van der Waals surface area contributed by atoms with E-state index >= 15 is 0 Å². The molecule has 0 spiro atoms. The van der Waals surface area contributed by atoms with Crippen molar-refractivity contribution < 1.29 is 4.79 Å². The number of aromatic nitrogens is 2. The van der Waals surface area contributed by atoms with Gasteiger partial charge in [0.2, 0.25) is 0 Å². The molecule has 1 heterocycles. The van der Waals surface area contributed by atoms with E-state index < -0.39 is 0 Å². The van der Waals surface area contributed by atoms with Gasteiger partial charge in [0, 0.05) is 36.3 Å². The van der Waals surface area contributed by atoms with Crippen molar-refractivity contribution in [1.82, 2.24) is 14.9 Å². The predicted molar refractivity (Wildman–Crippen MR) is 117 cm³/mol. The lowest BCUT2D eigenvalue weighted by atomic mass is 9.94. The number of carbonyl (C=O) groups is 1. The van der Waals surface area contributed by atoms with Crippen LogP contribution in [0.3, 0.4) is 0 Å². The first-order chi connectivity index (χ1) is 14.2. The van der Waals surface area contributed by atoms with Crippen LogP contribution in [-0.4, -0.2) is 39.9 Å². The highest BCUT2D eigenvalue weighted by molar-refractivity contribution is 5.94. The van der Waals surface area contributed by atoms with Crippen LogP contribution in [0.2, 0.25) is 0 Å². The van der Waals surface area contributed by atoms with E-state index in [9.17, 15) is 4.79 Å². The summed E-state index contributed by atoms with van der Waals surface area (Å²) in [5.74, 6) is 1.00. The van der Waals surface area contributed by atoms with Crippen molar-refractivity contribution >= 4 is 11.7 Å². The van der Waals surface area contributed by atoms with Crippen LogP contribution >= 0.6 is 0 Å². The topological polar surface area (TPSA) is 58.1 Å². The predicted octanol–water partition coefficient (Wildman–Crippen LogP) is 5.29. The molecule has 0 unspecified atom stereocenters. The monoisotopic (exact) mass is 392 g/mol. The number of rotatable bonds is 5. The van der Waals surface area contributed by atoms with Crippen LogP contribution in [0.5, 0.6) is 0 Å². The zero-order valence-electron chi connectivity index (χ0n) is 17.4. The molecule has 29 heavy (non-hydrogen) atoms. The minimum atomic E-state index is 0.116. The molecule has 0 saturated heterocycles. The average Bonchev–Trinajstić information content (AvgIpc) is 2.80. The van der Waals surface area contributed by atoms with E-state index in [0.717, 1.165) is 35.5 Å². The molecule has 0 radical (unpaired) electrons.